The second-order valence-electron chi connectivity index (χ2n) is 14.4. The fraction of sp³-hybridized carbons (Fsp3) is 0.588. The Labute approximate surface area is 250 Å². The summed E-state index contributed by atoms with van der Waals surface area (Å²) in [4.78, 5) is 29.7. The highest BCUT2D eigenvalue weighted by molar-refractivity contribution is 5.90. The van der Waals surface area contributed by atoms with E-state index >= 15 is 0 Å². The Morgan fingerprint density at radius 2 is 1.44 bits per heavy atom. The van der Waals surface area contributed by atoms with Gasteiger partial charge in [-0.2, -0.15) is 0 Å². The lowest BCUT2D eigenvalue weighted by atomic mass is 9.49. The summed E-state index contributed by atoms with van der Waals surface area (Å²) >= 11 is 0. The molecule has 8 aliphatic rings. The average Bonchev–Trinajstić information content (AvgIpc) is 3.54. The number of ketones is 2. The van der Waals surface area contributed by atoms with Crippen molar-refractivity contribution in [3.63, 3.8) is 0 Å². The van der Waals surface area contributed by atoms with Crippen LogP contribution in [0.15, 0.2) is 24.3 Å². The number of hydrogen-bond acceptors (Lipinski definition) is 9. The van der Waals surface area contributed by atoms with Gasteiger partial charge in [-0.3, -0.25) is 9.59 Å². The summed E-state index contributed by atoms with van der Waals surface area (Å²) in [6.45, 7) is 1.83. The van der Waals surface area contributed by atoms with Crippen LogP contribution in [0, 0.1) is 5.92 Å². The Morgan fingerprint density at radius 3 is 2.21 bits per heavy atom. The van der Waals surface area contributed by atoms with Gasteiger partial charge in [-0.15, -0.1) is 0 Å². The topological polar surface area (TPSA) is 120 Å². The summed E-state index contributed by atoms with van der Waals surface area (Å²) in [5.41, 5.74) is 2.63. The molecule has 0 amide bonds. The van der Waals surface area contributed by atoms with Crippen molar-refractivity contribution in [3.05, 3.63) is 46.5 Å². The molecule has 2 saturated carbocycles. The maximum absolute atomic E-state index is 12.5. The molecule has 226 valence electrons. The molecule has 3 N–H and O–H groups in total. The molecule has 2 aromatic rings. The van der Waals surface area contributed by atoms with E-state index in [9.17, 15) is 24.9 Å². The highest BCUT2D eigenvalue weighted by Crippen LogP contribution is 2.65. The Hall–Kier alpha value is -3.14. The van der Waals surface area contributed by atoms with Crippen molar-refractivity contribution in [2.24, 2.45) is 5.92 Å². The van der Waals surface area contributed by atoms with Crippen LogP contribution in [0.5, 0.6) is 23.0 Å². The third-order valence-electron chi connectivity index (χ3n) is 12.9. The fourth-order valence-electron chi connectivity index (χ4n) is 11.1. The van der Waals surface area contributed by atoms with E-state index in [1.165, 1.54) is 5.56 Å². The van der Waals surface area contributed by atoms with Gasteiger partial charge in [0, 0.05) is 41.5 Å². The molecular weight excluding hydrogens is 548 g/mol. The predicted molar refractivity (Wildman–Crippen MR) is 155 cm³/mol. The first-order chi connectivity index (χ1) is 20.6. The molecule has 2 saturated heterocycles. The highest BCUT2D eigenvalue weighted by Gasteiger charge is 2.73. The molecule has 2 spiro atoms. The van der Waals surface area contributed by atoms with Crippen LogP contribution in [0.3, 0.4) is 0 Å². The van der Waals surface area contributed by atoms with Crippen LogP contribution in [0.4, 0.5) is 0 Å². The molecule has 0 radical (unpaired) electrons. The first-order valence-corrected chi connectivity index (χ1v) is 15.8. The highest BCUT2D eigenvalue weighted by atomic mass is 16.5. The van der Waals surface area contributed by atoms with Gasteiger partial charge in [0.15, 0.2) is 46.8 Å². The summed E-state index contributed by atoms with van der Waals surface area (Å²) in [7, 11) is 4.24. The summed E-state index contributed by atoms with van der Waals surface area (Å²) in [6, 6.07) is 7.83. The van der Waals surface area contributed by atoms with Gasteiger partial charge >= 0.3 is 0 Å². The van der Waals surface area contributed by atoms with Gasteiger partial charge in [0.2, 0.25) is 0 Å². The van der Waals surface area contributed by atoms with Crippen molar-refractivity contribution in [2.45, 2.75) is 92.1 Å². The Morgan fingerprint density at radius 1 is 0.791 bits per heavy atom. The van der Waals surface area contributed by atoms with E-state index in [-0.39, 0.29) is 40.6 Å². The molecule has 0 unspecified atom stereocenters. The number of phenolic OH excluding ortho intramolecular Hbond substituents is 2. The Bertz CT molecular complexity index is 1620. The number of likely N-dealkylation sites (tertiary alicyclic amines) is 2. The lowest BCUT2D eigenvalue weighted by Gasteiger charge is -2.61. The molecule has 4 aliphatic carbocycles. The Kier molecular flexibility index (Phi) is 5.08. The average molecular weight is 587 g/mol. The van der Waals surface area contributed by atoms with E-state index in [2.05, 4.69) is 16.8 Å². The van der Waals surface area contributed by atoms with Crippen molar-refractivity contribution in [2.75, 3.05) is 27.2 Å². The van der Waals surface area contributed by atoms with E-state index in [1.54, 1.807) is 12.1 Å². The number of aliphatic hydroxyl groups is 1. The third kappa shape index (κ3) is 2.90. The number of benzene rings is 2. The van der Waals surface area contributed by atoms with Crippen LogP contribution in [-0.2, 0) is 33.3 Å². The third-order valence-corrected chi connectivity index (χ3v) is 12.9. The molecular formula is C34H38N2O7. The first kappa shape index (κ1) is 26.3. The lowest BCUT2D eigenvalue weighted by Crippen LogP contribution is -2.76. The number of rotatable bonds is 0. The zero-order valence-electron chi connectivity index (χ0n) is 24.6. The lowest BCUT2D eigenvalue weighted by molar-refractivity contribution is -0.185. The van der Waals surface area contributed by atoms with E-state index in [4.69, 9.17) is 9.47 Å². The molecule has 4 bridgehead atoms. The van der Waals surface area contributed by atoms with Gasteiger partial charge in [-0.05, 0) is 94.9 Å². The maximum Gasteiger partial charge on any atom is 0.174 e. The zero-order valence-corrected chi connectivity index (χ0v) is 24.6. The SMILES string of the molecule is CN1CC[C@]23c4c5ccc(O)c4O[C@H]2C(=O)CC[C@@]3(O)[C@H]1C5.CN1CC[C@]23c4c5ccc(O)c4O[C@H]2C(=O)CC[C@H]3[C@H]1C5. The van der Waals surface area contributed by atoms with Crippen LogP contribution in [0.1, 0.15) is 60.8 Å². The smallest absolute Gasteiger partial charge is 0.174 e. The zero-order chi connectivity index (χ0) is 29.6. The molecule has 4 fully saturated rings. The molecule has 2 aromatic carbocycles. The molecule has 0 aromatic heterocycles. The molecule has 43 heavy (non-hydrogen) atoms. The number of nitrogens with zero attached hydrogens (tertiary/aromatic N) is 2. The normalized spacial score (nSPS) is 41.0. The standard InChI is InChI=1S/C17H19NO4.C17H19NO3/c1-18-7-6-16-13-9-2-3-10(19)14(13)22-15(16)11(20)4-5-17(16,21)12(18)8-9;1-18-7-6-17-10-3-5-13(20)16(17)21-15-12(19)4-2-9(14(15)17)8-11(10)18/h2-3,12,15,19,21H,4-8H2,1H3;2,4,10-11,16,19H,3,5-8H2,1H3/t12-,15+,16+,17-;10-,11+,16-,17-/m10/s1. The van der Waals surface area contributed by atoms with Gasteiger partial charge in [-0.25, -0.2) is 0 Å². The van der Waals surface area contributed by atoms with Crippen molar-refractivity contribution >= 4 is 11.6 Å². The molecule has 9 heteroatoms. The van der Waals surface area contributed by atoms with E-state index < -0.39 is 17.1 Å². The minimum absolute atomic E-state index is 0.00319. The van der Waals surface area contributed by atoms with Gasteiger partial charge in [0.25, 0.3) is 0 Å². The van der Waals surface area contributed by atoms with Crippen LogP contribution >= 0.6 is 0 Å². The number of phenols is 2. The molecule has 4 aliphatic heterocycles. The number of Topliss-reactive ketones (excluding diaryl/α,β-unsaturated/α-hetero) is 2. The van der Waals surface area contributed by atoms with Gasteiger partial charge in [-0.1, -0.05) is 12.1 Å². The number of aromatic hydroxyl groups is 2. The van der Waals surface area contributed by atoms with Crippen LogP contribution in [0.2, 0.25) is 0 Å². The summed E-state index contributed by atoms with van der Waals surface area (Å²) < 4.78 is 12.0. The number of piperidine rings is 2. The van der Waals surface area contributed by atoms with Gasteiger partial charge in [0.1, 0.15) is 0 Å². The van der Waals surface area contributed by atoms with Gasteiger partial charge < -0.3 is 34.6 Å². The maximum atomic E-state index is 12.5. The van der Waals surface area contributed by atoms with Gasteiger partial charge in [0.05, 0.1) is 11.0 Å². The molecule has 10 rings (SSSR count). The summed E-state index contributed by atoms with van der Waals surface area (Å²) in [5, 5.41) is 32.0. The quantitative estimate of drug-likeness (QED) is 0.428. The number of ether oxygens (including phenoxy) is 2. The first-order valence-electron chi connectivity index (χ1n) is 15.8. The van der Waals surface area contributed by atoms with E-state index in [1.807, 2.05) is 19.2 Å². The van der Waals surface area contributed by atoms with E-state index in [0.717, 1.165) is 55.5 Å². The largest absolute Gasteiger partial charge is 0.504 e. The summed E-state index contributed by atoms with van der Waals surface area (Å²) in [6.07, 6.45) is 4.79. The van der Waals surface area contributed by atoms with Crippen molar-refractivity contribution in [3.8, 4) is 23.0 Å². The number of likely N-dealkylation sites (N-methyl/N-ethyl adjacent to an activating group) is 2. The second kappa shape index (κ2) is 8.31. The molecule has 8 atom stereocenters. The van der Waals surface area contributed by atoms with Crippen LogP contribution < -0.4 is 9.47 Å². The monoisotopic (exact) mass is 586 g/mol. The van der Waals surface area contributed by atoms with Crippen LogP contribution in [0.25, 0.3) is 0 Å². The minimum Gasteiger partial charge on any atom is -0.504 e. The number of hydrogen-bond donors (Lipinski definition) is 3. The van der Waals surface area contributed by atoms with Crippen molar-refractivity contribution in [1.29, 1.82) is 0 Å². The van der Waals surface area contributed by atoms with Crippen molar-refractivity contribution < 1.29 is 34.4 Å². The fourth-order valence-corrected chi connectivity index (χ4v) is 11.1. The minimum atomic E-state index is -0.954. The number of carbonyl (C=O) groups excluding carboxylic acids is 2. The van der Waals surface area contributed by atoms with E-state index in [0.29, 0.717) is 49.1 Å². The predicted octanol–water partition coefficient (Wildman–Crippen LogP) is 2.38. The van der Waals surface area contributed by atoms with Crippen molar-refractivity contribution in [1.82, 2.24) is 9.80 Å². The number of carbonyl (C=O) groups is 2. The summed E-state index contributed by atoms with van der Waals surface area (Å²) in [5.74, 6) is 2.06. The van der Waals surface area contributed by atoms with Crippen LogP contribution in [-0.4, -0.2) is 93.8 Å². The molecule has 9 nitrogen and oxygen atoms in total. The second-order valence-corrected chi connectivity index (χ2v) is 14.4. The molecule has 4 heterocycles. The Balaban J connectivity index is 0.000000121.